The van der Waals surface area contributed by atoms with E-state index in [9.17, 15) is 5.11 Å². The third-order valence-electron chi connectivity index (χ3n) is 4.31. The molecular formula is C19H21N7O. The maximum Gasteiger partial charge on any atom is 0.158 e. The van der Waals surface area contributed by atoms with Gasteiger partial charge in [-0.15, -0.1) is 0 Å². The van der Waals surface area contributed by atoms with Gasteiger partial charge in [0.1, 0.15) is 17.6 Å². The predicted octanol–water partition coefficient (Wildman–Crippen LogP) is 2.95. The number of aromatic amines is 1. The zero-order chi connectivity index (χ0) is 19.1. The van der Waals surface area contributed by atoms with Crippen LogP contribution in [0.1, 0.15) is 25.0 Å². The molecule has 8 heteroatoms. The number of aromatic nitrogens is 4. The lowest BCUT2D eigenvalue weighted by molar-refractivity contribution is 0.361. The molecule has 4 rings (SSSR count). The fourth-order valence-corrected chi connectivity index (χ4v) is 2.50. The summed E-state index contributed by atoms with van der Waals surface area (Å²) in [6.45, 7) is 0. The van der Waals surface area contributed by atoms with Crippen molar-refractivity contribution in [1.82, 2.24) is 25.5 Å². The molecule has 1 saturated carbocycles. The molecule has 1 aliphatic carbocycles. The number of hydrogen-bond donors (Lipinski definition) is 4. The minimum absolute atomic E-state index is 0.172. The molecule has 0 spiro atoms. The van der Waals surface area contributed by atoms with Gasteiger partial charge in [0.25, 0.3) is 0 Å². The number of H-pyrrole nitrogens is 1. The Balaban J connectivity index is 0.000000299. The number of para-hydroxylation sites is 1. The lowest BCUT2D eigenvalue weighted by Gasteiger charge is -2.23. The Bertz CT molecular complexity index is 908. The van der Waals surface area contributed by atoms with E-state index in [0.717, 1.165) is 6.04 Å². The molecule has 0 saturated heterocycles. The van der Waals surface area contributed by atoms with Gasteiger partial charge < -0.3 is 15.7 Å². The average Bonchev–Trinajstić information content (AvgIpc) is 3.10. The summed E-state index contributed by atoms with van der Waals surface area (Å²) >= 11 is 0. The van der Waals surface area contributed by atoms with Crippen molar-refractivity contribution in [3.8, 4) is 23.1 Å². The Morgan fingerprint density at radius 2 is 2.00 bits per heavy atom. The summed E-state index contributed by atoms with van der Waals surface area (Å²) < 4.78 is 0. The van der Waals surface area contributed by atoms with Gasteiger partial charge in [0.15, 0.2) is 11.5 Å². The molecule has 0 radical (unpaired) electrons. The van der Waals surface area contributed by atoms with Crippen molar-refractivity contribution in [2.45, 2.75) is 25.3 Å². The fourth-order valence-electron chi connectivity index (χ4n) is 2.50. The summed E-state index contributed by atoms with van der Waals surface area (Å²) in [5, 5.41) is 31.5. The number of nitriles is 1. The molecule has 0 unspecified atom stereocenters. The highest BCUT2D eigenvalue weighted by atomic mass is 16.3. The first-order chi connectivity index (χ1) is 13.2. The molecule has 1 aromatic carbocycles. The minimum Gasteiger partial charge on any atom is -0.507 e. The smallest absolute Gasteiger partial charge is 0.158 e. The monoisotopic (exact) mass is 363 g/mol. The van der Waals surface area contributed by atoms with E-state index in [1.165, 1.54) is 31.7 Å². The van der Waals surface area contributed by atoms with E-state index < -0.39 is 0 Å². The zero-order valence-electron chi connectivity index (χ0n) is 15.0. The Morgan fingerprint density at radius 3 is 2.56 bits per heavy atom. The summed E-state index contributed by atoms with van der Waals surface area (Å²) in [5.41, 5.74) is 1.58. The van der Waals surface area contributed by atoms with Crippen molar-refractivity contribution in [2.24, 2.45) is 0 Å². The molecule has 27 heavy (non-hydrogen) atoms. The van der Waals surface area contributed by atoms with Gasteiger partial charge in [0.05, 0.1) is 18.1 Å². The first-order valence-corrected chi connectivity index (χ1v) is 8.70. The number of nitrogens with one attached hydrogen (secondary N) is 3. The number of benzene rings is 1. The lowest BCUT2D eigenvalue weighted by atomic mass is 9.94. The summed E-state index contributed by atoms with van der Waals surface area (Å²) in [7, 11) is 2.03. The van der Waals surface area contributed by atoms with Gasteiger partial charge in [0.2, 0.25) is 0 Å². The van der Waals surface area contributed by atoms with E-state index in [-0.39, 0.29) is 11.4 Å². The van der Waals surface area contributed by atoms with Crippen molar-refractivity contribution in [3.05, 3.63) is 48.4 Å². The highest BCUT2D eigenvalue weighted by Crippen LogP contribution is 2.28. The van der Waals surface area contributed by atoms with Crippen LogP contribution >= 0.6 is 0 Å². The van der Waals surface area contributed by atoms with E-state index in [2.05, 4.69) is 30.8 Å². The summed E-state index contributed by atoms with van der Waals surface area (Å²) in [4.78, 5) is 7.95. The van der Waals surface area contributed by atoms with Gasteiger partial charge in [-0.25, -0.2) is 9.97 Å². The number of nitrogens with zero attached hydrogens (tertiary/aromatic N) is 4. The first kappa shape index (κ1) is 18.4. The van der Waals surface area contributed by atoms with Crippen LogP contribution in [-0.2, 0) is 0 Å². The second-order valence-corrected chi connectivity index (χ2v) is 6.12. The normalized spacial score (nSPS) is 13.0. The van der Waals surface area contributed by atoms with Gasteiger partial charge in [-0.1, -0.05) is 18.6 Å². The molecule has 2 aromatic heterocycles. The average molecular weight is 363 g/mol. The van der Waals surface area contributed by atoms with Gasteiger partial charge in [-0.2, -0.15) is 10.4 Å². The van der Waals surface area contributed by atoms with Crippen molar-refractivity contribution in [2.75, 3.05) is 12.4 Å². The molecule has 8 nitrogen and oxygen atoms in total. The van der Waals surface area contributed by atoms with Gasteiger partial charge >= 0.3 is 0 Å². The van der Waals surface area contributed by atoms with Crippen LogP contribution in [0.2, 0.25) is 0 Å². The number of hydrogen-bond acceptors (Lipinski definition) is 7. The fraction of sp³-hybridized carbons (Fsp3) is 0.263. The quantitative estimate of drug-likeness (QED) is 0.562. The Morgan fingerprint density at radius 1 is 1.19 bits per heavy atom. The maximum absolute atomic E-state index is 9.80. The zero-order valence-corrected chi connectivity index (χ0v) is 15.0. The van der Waals surface area contributed by atoms with Crippen LogP contribution in [0.15, 0.2) is 42.7 Å². The molecule has 138 valence electrons. The molecule has 2 heterocycles. The van der Waals surface area contributed by atoms with Crippen LogP contribution < -0.4 is 10.6 Å². The molecule has 1 aliphatic rings. The van der Waals surface area contributed by atoms with Crippen molar-refractivity contribution < 1.29 is 5.11 Å². The summed E-state index contributed by atoms with van der Waals surface area (Å²) in [6, 6.07) is 11.5. The molecule has 1 fully saturated rings. The third kappa shape index (κ3) is 4.80. The largest absolute Gasteiger partial charge is 0.507 e. The van der Waals surface area contributed by atoms with Crippen molar-refractivity contribution in [1.29, 1.82) is 5.26 Å². The maximum atomic E-state index is 9.80. The predicted molar refractivity (Wildman–Crippen MR) is 102 cm³/mol. The second kappa shape index (κ2) is 8.78. The standard InChI is InChI=1S/C14H10N6O.C5H11N/c15-6-9-7-17-14(8-16-9)18-13-5-11(19-20-13)10-3-1-2-4-12(10)21;1-6-5-3-2-4-5/h1-5,7-8,21H,(H2,17,18,19,20);5-6H,2-4H2,1H3. The Hall–Kier alpha value is -3.44. The number of phenols is 1. The molecule has 3 aromatic rings. The number of phenolic OH excluding ortho intramolecular Hbond substituents is 1. The van der Waals surface area contributed by atoms with Gasteiger partial charge in [0, 0.05) is 17.7 Å². The molecule has 0 bridgehead atoms. The van der Waals surface area contributed by atoms with Crippen molar-refractivity contribution >= 4 is 11.6 Å². The van der Waals surface area contributed by atoms with Crippen LogP contribution in [0.5, 0.6) is 5.75 Å². The van der Waals surface area contributed by atoms with E-state index >= 15 is 0 Å². The first-order valence-electron chi connectivity index (χ1n) is 8.70. The molecule has 0 amide bonds. The van der Waals surface area contributed by atoms with E-state index in [1.54, 1.807) is 24.3 Å². The van der Waals surface area contributed by atoms with E-state index in [4.69, 9.17) is 5.26 Å². The van der Waals surface area contributed by atoms with Gasteiger partial charge in [-0.3, -0.25) is 5.10 Å². The second-order valence-electron chi connectivity index (χ2n) is 6.12. The van der Waals surface area contributed by atoms with Gasteiger partial charge in [-0.05, 0) is 32.0 Å². The molecule has 0 atom stereocenters. The van der Waals surface area contributed by atoms with E-state index in [1.807, 2.05) is 19.2 Å². The van der Waals surface area contributed by atoms with Crippen LogP contribution in [0, 0.1) is 11.3 Å². The van der Waals surface area contributed by atoms with Crippen LogP contribution in [0.4, 0.5) is 11.6 Å². The molecular weight excluding hydrogens is 342 g/mol. The van der Waals surface area contributed by atoms with Crippen LogP contribution in [0.25, 0.3) is 11.3 Å². The molecule has 0 aliphatic heterocycles. The highest BCUT2D eigenvalue weighted by molar-refractivity contribution is 5.69. The minimum atomic E-state index is 0.172. The Labute approximate surface area is 157 Å². The summed E-state index contributed by atoms with van der Waals surface area (Å²) in [5.74, 6) is 1.18. The Kier molecular flexibility index (Phi) is 5.97. The topological polar surface area (TPSA) is 123 Å². The van der Waals surface area contributed by atoms with Crippen LogP contribution in [0.3, 0.4) is 0 Å². The van der Waals surface area contributed by atoms with Crippen LogP contribution in [-0.4, -0.2) is 38.4 Å². The van der Waals surface area contributed by atoms with Crippen molar-refractivity contribution in [3.63, 3.8) is 0 Å². The summed E-state index contributed by atoms with van der Waals surface area (Å²) in [6.07, 6.45) is 7.06. The highest BCUT2D eigenvalue weighted by Gasteiger charge is 2.13. The lowest BCUT2D eigenvalue weighted by Crippen LogP contribution is -2.31. The number of aromatic hydroxyl groups is 1. The number of rotatable bonds is 4. The SMILES string of the molecule is CNC1CCC1.N#Cc1cnc(Nc2cc(-c3ccccc3O)[nH]n2)cn1. The van der Waals surface area contributed by atoms with E-state index in [0.29, 0.717) is 22.9 Å². The number of anilines is 2. The third-order valence-corrected chi connectivity index (χ3v) is 4.31. The molecule has 4 N–H and O–H groups in total.